The van der Waals surface area contributed by atoms with Gasteiger partial charge in [-0.2, -0.15) is 0 Å². The van der Waals surface area contributed by atoms with Gasteiger partial charge in [-0.1, -0.05) is 13.8 Å². The van der Waals surface area contributed by atoms with Crippen LogP contribution in [0.25, 0.3) is 0 Å². The Bertz CT molecular complexity index is 141. The molecule has 84 valence electrons. The Morgan fingerprint density at radius 1 is 1.36 bits per heavy atom. The van der Waals surface area contributed by atoms with Crippen LogP contribution < -0.4 is 0 Å². The highest BCUT2D eigenvalue weighted by Gasteiger charge is 2.18. The SMILES string of the molecule is CC.CCOC(=O)OC1CCOCC1. The molecule has 0 spiro atoms. The lowest BCUT2D eigenvalue weighted by molar-refractivity contribution is -0.0263. The van der Waals surface area contributed by atoms with Gasteiger partial charge in [0.05, 0.1) is 19.8 Å². The van der Waals surface area contributed by atoms with Crippen LogP contribution in [-0.4, -0.2) is 32.1 Å². The van der Waals surface area contributed by atoms with Crippen molar-refractivity contribution in [3.8, 4) is 0 Å². The largest absolute Gasteiger partial charge is 0.508 e. The van der Waals surface area contributed by atoms with Crippen molar-refractivity contribution >= 4 is 6.16 Å². The van der Waals surface area contributed by atoms with E-state index in [2.05, 4.69) is 4.74 Å². The van der Waals surface area contributed by atoms with E-state index in [-0.39, 0.29) is 6.10 Å². The van der Waals surface area contributed by atoms with E-state index in [0.29, 0.717) is 19.8 Å². The first kappa shape index (κ1) is 13.2. The van der Waals surface area contributed by atoms with Crippen LogP contribution in [0.5, 0.6) is 0 Å². The third kappa shape index (κ3) is 5.80. The van der Waals surface area contributed by atoms with Crippen molar-refractivity contribution in [1.29, 1.82) is 0 Å². The molecule has 0 amide bonds. The molecule has 14 heavy (non-hydrogen) atoms. The molecule has 0 radical (unpaired) electrons. The molecule has 0 aromatic carbocycles. The van der Waals surface area contributed by atoms with Gasteiger partial charge in [0.2, 0.25) is 0 Å². The second-order valence-electron chi connectivity index (χ2n) is 2.61. The summed E-state index contributed by atoms with van der Waals surface area (Å²) in [6.45, 7) is 7.46. The minimum absolute atomic E-state index is 0.0159. The lowest BCUT2D eigenvalue weighted by atomic mass is 10.2. The van der Waals surface area contributed by atoms with Gasteiger partial charge < -0.3 is 14.2 Å². The first-order chi connectivity index (χ1) is 6.83. The maximum Gasteiger partial charge on any atom is 0.508 e. The van der Waals surface area contributed by atoms with Crippen molar-refractivity contribution in [1.82, 2.24) is 0 Å². The van der Waals surface area contributed by atoms with E-state index in [1.54, 1.807) is 6.92 Å². The fourth-order valence-electron chi connectivity index (χ4n) is 1.08. The fourth-order valence-corrected chi connectivity index (χ4v) is 1.08. The molecule has 1 fully saturated rings. The van der Waals surface area contributed by atoms with E-state index < -0.39 is 6.16 Å². The summed E-state index contributed by atoms with van der Waals surface area (Å²) in [5.41, 5.74) is 0. The zero-order valence-electron chi connectivity index (χ0n) is 9.25. The summed E-state index contributed by atoms with van der Waals surface area (Å²) in [5, 5.41) is 0. The minimum atomic E-state index is -0.565. The molecule has 4 heteroatoms. The van der Waals surface area contributed by atoms with Gasteiger partial charge in [-0.3, -0.25) is 0 Å². The Hall–Kier alpha value is -0.770. The number of hydrogen-bond donors (Lipinski definition) is 0. The Kier molecular flexibility index (Phi) is 8.33. The molecule has 0 saturated carbocycles. The van der Waals surface area contributed by atoms with Crippen molar-refractivity contribution in [2.24, 2.45) is 0 Å². The molecule has 0 aromatic heterocycles. The second-order valence-corrected chi connectivity index (χ2v) is 2.61. The molecule has 4 nitrogen and oxygen atoms in total. The lowest BCUT2D eigenvalue weighted by Gasteiger charge is -2.21. The van der Waals surface area contributed by atoms with Gasteiger partial charge in [0.1, 0.15) is 6.10 Å². The Morgan fingerprint density at radius 2 is 1.93 bits per heavy atom. The average Bonchev–Trinajstić information content (AvgIpc) is 2.22. The number of carbonyl (C=O) groups is 1. The van der Waals surface area contributed by atoms with Gasteiger partial charge in [-0.05, 0) is 6.92 Å². The van der Waals surface area contributed by atoms with Crippen LogP contribution in [0.15, 0.2) is 0 Å². The molecular weight excluding hydrogens is 184 g/mol. The number of rotatable bonds is 2. The molecule has 1 heterocycles. The van der Waals surface area contributed by atoms with Gasteiger partial charge >= 0.3 is 6.16 Å². The van der Waals surface area contributed by atoms with E-state index in [4.69, 9.17) is 9.47 Å². The van der Waals surface area contributed by atoms with Crippen LogP contribution in [0.1, 0.15) is 33.6 Å². The molecule has 0 aromatic rings. The molecule has 0 bridgehead atoms. The van der Waals surface area contributed by atoms with Crippen LogP contribution >= 0.6 is 0 Å². The summed E-state index contributed by atoms with van der Waals surface area (Å²) < 4.78 is 14.7. The molecule has 1 rings (SSSR count). The molecule has 1 aliphatic heterocycles. The first-order valence-corrected chi connectivity index (χ1v) is 5.24. The van der Waals surface area contributed by atoms with Crippen molar-refractivity contribution in [3.05, 3.63) is 0 Å². The van der Waals surface area contributed by atoms with Crippen LogP contribution in [-0.2, 0) is 14.2 Å². The van der Waals surface area contributed by atoms with Gasteiger partial charge in [-0.15, -0.1) is 0 Å². The molecule has 0 aliphatic carbocycles. The highest BCUT2D eigenvalue weighted by Crippen LogP contribution is 2.11. The summed E-state index contributed by atoms with van der Waals surface area (Å²) in [6, 6.07) is 0. The third-order valence-corrected chi connectivity index (χ3v) is 1.69. The molecule has 1 aliphatic rings. The third-order valence-electron chi connectivity index (χ3n) is 1.69. The van der Waals surface area contributed by atoms with E-state index in [1.807, 2.05) is 13.8 Å². The van der Waals surface area contributed by atoms with Gasteiger partial charge in [-0.25, -0.2) is 4.79 Å². The minimum Gasteiger partial charge on any atom is -0.435 e. The highest BCUT2D eigenvalue weighted by atomic mass is 16.7. The molecule has 1 saturated heterocycles. The Morgan fingerprint density at radius 3 is 2.43 bits per heavy atom. The standard InChI is InChI=1S/C8H14O4.C2H6/c1-2-11-8(9)12-7-3-5-10-6-4-7;1-2/h7H,2-6H2,1H3;1-2H3. The average molecular weight is 204 g/mol. The topological polar surface area (TPSA) is 44.8 Å². The zero-order chi connectivity index (χ0) is 10.8. The summed E-state index contributed by atoms with van der Waals surface area (Å²) in [4.78, 5) is 10.8. The summed E-state index contributed by atoms with van der Waals surface area (Å²) in [6.07, 6.45) is 0.972. The Labute approximate surface area is 85.5 Å². The van der Waals surface area contributed by atoms with Crippen LogP contribution in [0, 0.1) is 0 Å². The van der Waals surface area contributed by atoms with Crippen LogP contribution in [0.4, 0.5) is 4.79 Å². The van der Waals surface area contributed by atoms with Gasteiger partial charge in [0.25, 0.3) is 0 Å². The molecule has 0 unspecified atom stereocenters. The monoisotopic (exact) mass is 204 g/mol. The van der Waals surface area contributed by atoms with Gasteiger partial charge in [0.15, 0.2) is 0 Å². The van der Waals surface area contributed by atoms with Crippen LogP contribution in [0.3, 0.4) is 0 Å². The predicted octanol–water partition coefficient (Wildman–Crippen LogP) is 2.36. The van der Waals surface area contributed by atoms with Crippen molar-refractivity contribution < 1.29 is 19.0 Å². The van der Waals surface area contributed by atoms with E-state index >= 15 is 0 Å². The number of carbonyl (C=O) groups excluding carboxylic acids is 1. The quantitative estimate of drug-likeness (QED) is 0.648. The smallest absolute Gasteiger partial charge is 0.435 e. The summed E-state index contributed by atoms with van der Waals surface area (Å²) in [5.74, 6) is 0. The highest BCUT2D eigenvalue weighted by molar-refractivity contribution is 5.60. The molecule has 0 N–H and O–H groups in total. The zero-order valence-corrected chi connectivity index (χ0v) is 9.25. The number of hydrogen-bond acceptors (Lipinski definition) is 4. The summed E-state index contributed by atoms with van der Waals surface area (Å²) in [7, 11) is 0. The maximum absolute atomic E-state index is 10.8. The van der Waals surface area contributed by atoms with E-state index in [0.717, 1.165) is 12.8 Å². The Balaban J connectivity index is 0.000000791. The number of ether oxygens (including phenoxy) is 3. The van der Waals surface area contributed by atoms with E-state index in [9.17, 15) is 4.79 Å². The molecular formula is C10H20O4. The second kappa shape index (κ2) is 8.81. The van der Waals surface area contributed by atoms with Crippen molar-refractivity contribution in [2.45, 2.75) is 39.7 Å². The first-order valence-electron chi connectivity index (χ1n) is 5.24. The molecule has 0 atom stereocenters. The van der Waals surface area contributed by atoms with Crippen molar-refractivity contribution in [3.63, 3.8) is 0 Å². The van der Waals surface area contributed by atoms with Gasteiger partial charge in [0, 0.05) is 12.8 Å². The summed E-state index contributed by atoms with van der Waals surface area (Å²) >= 11 is 0. The van der Waals surface area contributed by atoms with Crippen molar-refractivity contribution in [2.75, 3.05) is 19.8 Å². The maximum atomic E-state index is 10.8. The predicted molar refractivity (Wildman–Crippen MR) is 53.3 cm³/mol. The lowest BCUT2D eigenvalue weighted by Crippen LogP contribution is -2.26. The fraction of sp³-hybridized carbons (Fsp3) is 0.900. The van der Waals surface area contributed by atoms with E-state index in [1.165, 1.54) is 0 Å². The normalized spacial score (nSPS) is 16.5. The van der Waals surface area contributed by atoms with Crippen LogP contribution in [0.2, 0.25) is 0 Å².